The van der Waals surface area contributed by atoms with E-state index in [0.717, 1.165) is 16.6 Å². The number of anilines is 1. The van der Waals surface area contributed by atoms with Gasteiger partial charge in [-0.1, -0.05) is 48.5 Å². The van der Waals surface area contributed by atoms with Gasteiger partial charge in [-0.15, -0.1) is 0 Å². The zero-order valence-electron chi connectivity index (χ0n) is 18.3. The van der Waals surface area contributed by atoms with Crippen molar-refractivity contribution in [2.75, 3.05) is 31.1 Å². The van der Waals surface area contributed by atoms with E-state index < -0.39 is 10.0 Å². The molecule has 33 heavy (non-hydrogen) atoms. The van der Waals surface area contributed by atoms with Crippen molar-refractivity contribution in [1.29, 1.82) is 0 Å². The summed E-state index contributed by atoms with van der Waals surface area (Å²) in [6.45, 7) is 3.66. The Labute approximate surface area is 193 Å². The first kappa shape index (κ1) is 21.4. The number of aromatic nitrogens is 2. The molecule has 1 saturated heterocycles. The number of ether oxygens (including phenoxy) is 1. The summed E-state index contributed by atoms with van der Waals surface area (Å²) in [5, 5.41) is 1.94. The van der Waals surface area contributed by atoms with Gasteiger partial charge in [-0.2, -0.15) is 9.29 Å². The average Bonchev–Trinajstić information content (AvgIpc) is 2.84. The molecule has 0 amide bonds. The van der Waals surface area contributed by atoms with Crippen molar-refractivity contribution >= 4 is 26.6 Å². The quantitative estimate of drug-likeness (QED) is 0.443. The SMILES string of the molecule is Cc1nc(Oc2ccccc2)cc(N2CCN(S(=O)(=O)c3ccc4ccccc4c3)CC2)n1. The number of hydrogen-bond donors (Lipinski definition) is 0. The largest absolute Gasteiger partial charge is 0.439 e. The van der Waals surface area contributed by atoms with Crippen LogP contribution < -0.4 is 9.64 Å². The van der Waals surface area contributed by atoms with Crippen LogP contribution in [-0.4, -0.2) is 48.9 Å². The minimum atomic E-state index is -3.57. The topological polar surface area (TPSA) is 75.6 Å². The molecule has 1 aliphatic heterocycles. The normalized spacial score (nSPS) is 15.0. The van der Waals surface area contributed by atoms with Gasteiger partial charge in [0.25, 0.3) is 0 Å². The van der Waals surface area contributed by atoms with Crippen LogP contribution in [-0.2, 0) is 10.0 Å². The van der Waals surface area contributed by atoms with Crippen LogP contribution in [0.15, 0.2) is 83.8 Å². The van der Waals surface area contributed by atoms with E-state index in [9.17, 15) is 8.42 Å². The molecule has 0 atom stereocenters. The van der Waals surface area contributed by atoms with Gasteiger partial charge in [-0.3, -0.25) is 0 Å². The molecular weight excluding hydrogens is 436 g/mol. The number of rotatable bonds is 5. The molecule has 1 aliphatic rings. The summed E-state index contributed by atoms with van der Waals surface area (Å²) in [5.74, 6) is 2.50. The number of nitrogens with zero attached hydrogens (tertiary/aromatic N) is 4. The molecule has 0 unspecified atom stereocenters. The van der Waals surface area contributed by atoms with Gasteiger partial charge in [-0.25, -0.2) is 13.4 Å². The van der Waals surface area contributed by atoms with Crippen LogP contribution in [0.2, 0.25) is 0 Å². The Hall–Kier alpha value is -3.49. The van der Waals surface area contributed by atoms with Crippen LogP contribution in [0.3, 0.4) is 0 Å². The molecule has 0 radical (unpaired) electrons. The maximum absolute atomic E-state index is 13.2. The lowest BCUT2D eigenvalue weighted by molar-refractivity contribution is 0.383. The number of sulfonamides is 1. The molecule has 0 bridgehead atoms. The Bertz CT molecular complexity index is 1390. The molecular formula is C25H24N4O3S. The Kier molecular flexibility index (Phi) is 5.70. The van der Waals surface area contributed by atoms with Crippen molar-refractivity contribution in [3.8, 4) is 11.6 Å². The van der Waals surface area contributed by atoms with E-state index in [1.165, 1.54) is 0 Å². The summed E-state index contributed by atoms with van der Waals surface area (Å²) >= 11 is 0. The minimum absolute atomic E-state index is 0.325. The molecule has 2 heterocycles. The minimum Gasteiger partial charge on any atom is -0.439 e. The molecule has 7 nitrogen and oxygen atoms in total. The van der Waals surface area contributed by atoms with E-state index >= 15 is 0 Å². The molecule has 4 aromatic rings. The molecule has 0 aliphatic carbocycles. The van der Waals surface area contributed by atoms with Crippen molar-refractivity contribution in [1.82, 2.24) is 14.3 Å². The Morgan fingerprint density at radius 2 is 1.48 bits per heavy atom. The highest BCUT2D eigenvalue weighted by molar-refractivity contribution is 7.89. The molecule has 0 saturated carbocycles. The van der Waals surface area contributed by atoms with Crippen LogP contribution in [0.25, 0.3) is 10.8 Å². The van der Waals surface area contributed by atoms with E-state index in [4.69, 9.17) is 4.74 Å². The van der Waals surface area contributed by atoms with Crippen LogP contribution >= 0.6 is 0 Å². The lowest BCUT2D eigenvalue weighted by atomic mass is 10.1. The lowest BCUT2D eigenvalue weighted by Gasteiger charge is -2.34. The summed E-state index contributed by atoms with van der Waals surface area (Å²) in [5.41, 5.74) is 0. The Morgan fingerprint density at radius 1 is 0.788 bits per heavy atom. The number of aryl methyl sites for hydroxylation is 1. The molecule has 5 rings (SSSR count). The average molecular weight is 461 g/mol. The van der Waals surface area contributed by atoms with Gasteiger partial charge >= 0.3 is 0 Å². The number of piperazine rings is 1. The number of hydrogen-bond acceptors (Lipinski definition) is 6. The monoisotopic (exact) mass is 460 g/mol. The van der Waals surface area contributed by atoms with E-state index in [-0.39, 0.29) is 0 Å². The number of fused-ring (bicyclic) bond motifs is 1. The second kappa shape index (κ2) is 8.80. The summed E-state index contributed by atoms with van der Waals surface area (Å²) in [6, 6.07) is 24.3. The van der Waals surface area contributed by atoms with E-state index in [0.29, 0.717) is 48.5 Å². The van der Waals surface area contributed by atoms with Gasteiger partial charge < -0.3 is 9.64 Å². The van der Waals surface area contributed by atoms with Crippen LogP contribution in [0.4, 0.5) is 5.82 Å². The molecule has 0 spiro atoms. The van der Waals surface area contributed by atoms with Gasteiger partial charge in [0.05, 0.1) is 4.90 Å². The Morgan fingerprint density at radius 3 is 2.24 bits per heavy atom. The van der Waals surface area contributed by atoms with Crippen molar-refractivity contribution in [3.05, 3.63) is 84.7 Å². The van der Waals surface area contributed by atoms with Crippen molar-refractivity contribution in [2.45, 2.75) is 11.8 Å². The van der Waals surface area contributed by atoms with E-state index in [2.05, 4.69) is 14.9 Å². The molecule has 8 heteroatoms. The summed E-state index contributed by atoms with van der Waals surface area (Å²) < 4.78 is 33.9. The fourth-order valence-corrected chi connectivity index (χ4v) is 5.44. The fourth-order valence-electron chi connectivity index (χ4n) is 3.98. The highest BCUT2D eigenvalue weighted by Gasteiger charge is 2.29. The van der Waals surface area contributed by atoms with Crippen LogP contribution in [0.5, 0.6) is 11.6 Å². The van der Waals surface area contributed by atoms with Crippen molar-refractivity contribution in [3.63, 3.8) is 0 Å². The number of benzene rings is 3. The first-order valence-electron chi connectivity index (χ1n) is 10.8. The van der Waals surface area contributed by atoms with E-state index in [1.807, 2.05) is 67.6 Å². The Balaban J connectivity index is 1.31. The van der Waals surface area contributed by atoms with Gasteiger partial charge in [0.1, 0.15) is 17.4 Å². The lowest BCUT2D eigenvalue weighted by Crippen LogP contribution is -2.49. The van der Waals surface area contributed by atoms with Gasteiger partial charge in [-0.05, 0) is 42.0 Å². The maximum Gasteiger partial charge on any atom is 0.243 e. The maximum atomic E-state index is 13.2. The fraction of sp³-hybridized carbons (Fsp3) is 0.200. The summed E-state index contributed by atoms with van der Waals surface area (Å²) in [4.78, 5) is 11.3. The first-order chi connectivity index (χ1) is 16.0. The third-order valence-electron chi connectivity index (χ3n) is 5.69. The predicted molar refractivity (Wildman–Crippen MR) is 128 cm³/mol. The molecule has 1 fully saturated rings. The first-order valence-corrected chi connectivity index (χ1v) is 12.3. The van der Waals surface area contributed by atoms with Crippen LogP contribution in [0.1, 0.15) is 5.82 Å². The molecule has 1 aromatic heterocycles. The molecule has 0 N–H and O–H groups in total. The smallest absolute Gasteiger partial charge is 0.243 e. The standard InChI is InChI=1S/C25H24N4O3S/c1-19-26-24(18-25(27-19)32-22-9-3-2-4-10-22)28-13-15-29(16-14-28)33(30,31)23-12-11-20-7-5-6-8-21(20)17-23/h2-12,17-18H,13-16H2,1H3. The van der Waals surface area contributed by atoms with Gasteiger partial charge in [0.2, 0.25) is 15.9 Å². The second-order valence-corrected chi connectivity index (χ2v) is 9.86. The van der Waals surface area contributed by atoms with Crippen LogP contribution in [0, 0.1) is 6.92 Å². The predicted octanol–water partition coefficient (Wildman–Crippen LogP) is 4.24. The van der Waals surface area contributed by atoms with Crippen molar-refractivity contribution < 1.29 is 13.2 Å². The van der Waals surface area contributed by atoms with Crippen molar-refractivity contribution in [2.24, 2.45) is 0 Å². The number of para-hydroxylation sites is 1. The van der Waals surface area contributed by atoms with E-state index in [1.54, 1.807) is 22.5 Å². The highest BCUT2D eigenvalue weighted by Crippen LogP contribution is 2.26. The molecule has 168 valence electrons. The zero-order chi connectivity index (χ0) is 22.8. The summed E-state index contributed by atoms with van der Waals surface area (Å²) in [7, 11) is -3.57. The third-order valence-corrected chi connectivity index (χ3v) is 7.58. The second-order valence-electron chi connectivity index (χ2n) is 7.93. The molecule has 3 aromatic carbocycles. The summed E-state index contributed by atoms with van der Waals surface area (Å²) in [6.07, 6.45) is 0. The van der Waals surface area contributed by atoms with Gasteiger partial charge in [0, 0.05) is 32.2 Å². The van der Waals surface area contributed by atoms with Gasteiger partial charge in [0.15, 0.2) is 0 Å². The highest BCUT2D eigenvalue weighted by atomic mass is 32.2. The third kappa shape index (κ3) is 4.53. The zero-order valence-corrected chi connectivity index (χ0v) is 19.1.